The molecule has 1 aromatic carbocycles. The van der Waals surface area contributed by atoms with Crippen molar-refractivity contribution in [1.82, 2.24) is 0 Å². The van der Waals surface area contributed by atoms with Gasteiger partial charge in [0.15, 0.2) is 0 Å². The third-order valence-corrected chi connectivity index (χ3v) is 3.22. The molecule has 2 atom stereocenters. The average Bonchev–Trinajstić information content (AvgIpc) is 2.43. The van der Waals surface area contributed by atoms with Crippen molar-refractivity contribution in [2.24, 2.45) is 11.8 Å². The van der Waals surface area contributed by atoms with Gasteiger partial charge in [0, 0.05) is 18.7 Å². The highest BCUT2D eigenvalue weighted by Gasteiger charge is 2.28. The molecule has 19 heavy (non-hydrogen) atoms. The van der Waals surface area contributed by atoms with Crippen LogP contribution in [0.15, 0.2) is 24.3 Å². The monoisotopic (exact) mass is 260 g/mol. The maximum Gasteiger partial charge on any atom is 0.307 e. The molecule has 1 amide bonds. The molecule has 0 saturated carbocycles. The Balaban J connectivity index is 2.93. The van der Waals surface area contributed by atoms with E-state index < -0.39 is 17.8 Å². The number of benzene rings is 1. The second-order valence-corrected chi connectivity index (χ2v) is 4.47. The Morgan fingerprint density at radius 3 is 2.47 bits per heavy atom. The third kappa shape index (κ3) is 3.32. The summed E-state index contributed by atoms with van der Waals surface area (Å²) in [5.41, 5.74) is 1.03. The highest BCUT2D eigenvalue weighted by molar-refractivity contribution is 5.96. The molecule has 0 aliphatic rings. The Morgan fingerprint density at radius 1 is 1.32 bits per heavy atom. The summed E-state index contributed by atoms with van der Waals surface area (Å²) >= 11 is 0. The smallest absolute Gasteiger partial charge is 0.307 e. The summed E-state index contributed by atoms with van der Waals surface area (Å²) in [5.74, 6) is -2.67. The molecule has 0 saturated heterocycles. The van der Waals surface area contributed by atoms with Crippen LogP contribution in [0, 0.1) is 23.2 Å². The van der Waals surface area contributed by atoms with Crippen LogP contribution in [0.3, 0.4) is 0 Å². The van der Waals surface area contributed by atoms with E-state index in [2.05, 4.69) is 0 Å². The van der Waals surface area contributed by atoms with Crippen LogP contribution in [0.25, 0.3) is 0 Å². The molecule has 1 rings (SSSR count). The summed E-state index contributed by atoms with van der Waals surface area (Å²) in [6.45, 7) is 3.09. The van der Waals surface area contributed by atoms with E-state index in [4.69, 9.17) is 10.4 Å². The summed E-state index contributed by atoms with van der Waals surface area (Å²) in [6.07, 6.45) is 0. The van der Waals surface area contributed by atoms with Gasteiger partial charge in [0.2, 0.25) is 5.91 Å². The minimum absolute atomic E-state index is 0.287. The van der Waals surface area contributed by atoms with E-state index in [0.717, 1.165) is 0 Å². The number of carboxylic acids is 1. The lowest BCUT2D eigenvalue weighted by Gasteiger charge is -2.23. The van der Waals surface area contributed by atoms with Crippen LogP contribution in [0.2, 0.25) is 0 Å². The fourth-order valence-corrected chi connectivity index (χ4v) is 1.64. The molecule has 0 spiro atoms. The van der Waals surface area contributed by atoms with E-state index in [-0.39, 0.29) is 5.91 Å². The maximum atomic E-state index is 12.2. The number of amides is 1. The van der Waals surface area contributed by atoms with Gasteiger partial charge in [-0.25, -0.2) is 0 Å². The first-order valence-electron chi connectivity index (χ1n) is 5.89. The lowest BCUT2D eigenvalue weighted by Crippen LogP contribution is -2.36. The van der Waals surface area contributed by atoms with Crippen LogP contribution >= 0.6 is 0 Å². The molecule has 1 N–H and O–H groups in total. The average molecular weight is 260 g/mol. The van der Waals surface area contributed by atoms with Gasteiger partial charge >= 0.3 is 5.97 Å². The largest absolute Gasteiger partial charge is 0.481 e. The lowest BCUT2D eigenvalue weighted by molar-refractivity contribution is -0.145. The fourth-order valence-electron chi connectivity index (χ4n) is 1.64. The number of hydrogen-bond donors (Lipinski definition) is 1. The van der Waals surface area contributed by atoms with Crippen LogP contribution in [0.4, 0.5) is 5.69 Å². The molecule has 0 aliphatic carbocycles. The summed E-state index contributed by atoms with van der Waals surface area (Å²) in [6, 6.07) is 8.63. The minimum Gasteiger partial charge on any atom is -0.481 e. The van der Waals surface area contributed by atoms with E-state index in [0.29, 0.717) is 11.3 Å². The predicted octanol–water partition coefficient (Wildman–Crippen LogP) is 1.88. The van der Waals surface area contributed by atoms with Crippen LogP contribution < -0.4 is 4.90 Å². The number of nitrogens with zero attached hydrogens (tertiary/aromatic N) is 2. The van der Waals surface area contributed by atoms with Crippen LogP contribution in [0.1, 0.15) is 19.4 Å². The highest BCUT2D eigenvalue weighted by Crippen LogP contribution is 2.20. The Morgan fingerprint density at radius 2 is 1.95 bits per heavy atom. The summed E-state index contributed by atoms with van der Waals surface area (Å²) in [4.78, 5) is 24.4. The van der Waals surface area contributed by atoms with Gasteiger partial charge in [0.05, 0.1) is 17.6 Å². The molecule has 5 heteroatoms. The van der Waals surface area contributed by atoms with Crippen LogP contribution in [0.5, 0.6) is 0 Å². The van der Waals surface area contributed by atoms with Crippen molar-refractivity contribution in [2.75, 3.05) is 11.9 Å². The minimum atomic E-state index is -1.000. The molecule has 0 aromatic heterocycles. The van der Waals surface area contributed by atoms with Crippen molar-refractivity contribution in [1.29, 1.82) is 5.26 Å². The first-order chi connectivity index (χ1) is 8.88. The Bertz CT molecular complexity index is 534. The van der Waals surface area contributed by atoms with Crippen molar-refractivity contribution in [3.63, 3.8) is 0 Å². The summed E-state index contributed by atoms with van der Waals surface area (Å²) in [7, 11) is 1.57. The summed E-state index contributed by atoms with van der Waals surface area (Å²) in [5, 5.41) is 17.7. The Kier molecular flexibility index (Phi) is 4.65. The van der Waals surface area contributed by atoms with Gasteiger partial charge in [-0.15, -0.1) is 0 Å². The van der Waals surface area contributed by atoms with Crippen molar-refractivity contribution < 1.29 is 14.7 Å². The molecule has 5 nitrogen and oxygen atoms in total. The van der Waals surface area contributed by atoms with Gasteiger partial charge in [0.25, 0.3) is 0 Å². The van der Waals surface area contributed by atoms with Crippen LogP contribution in [-0.2, 0) is 9.59 Å². The van der Waals surface area contributed by atoms with Crippen molar-refractivity contribution in [2.45, 2.75) is 13.8 Å². The SMILES string of the molecule is CC(C(=O)O)C(C)C(=O)N(C)c1cccc(C#N)c1. The van der Waals surface area contributed by atoms with Crippen molar-refractivity contribution in [3.8, 4) is 6.07 Å². The zero-order valence-electron chi connectivity index (χ0n) is 11.1. The zero-order valence-corrected chi connectivity index (χ0v) is 11.1. The number of nitriles is 1. The Hall–Kier alpha value is -2.35. The van der Waals surface area contributed by atoms with E-state index in [9.17, 15) is 9.59 Å². The third-order valence-electron chi connectivity index (χ3n) is 3.22. The molecule has 0 bridgehead atoms. The molecule has 0 aliphatic heterocycles. The predicted molar refractivity (Wildman–Crippen MR) is 70.5 cm³/mol. The molecule has 1 aromatic rings. The number of hydrogen-bond acceptors (Lipinski definition) is 3. The Labute approximate surface area is 112 Å². The van der Waals surface area contributed by atoms with Crippen LogP contribution in [-0.4, -0.2) is 24.0 Å². The normalized spacial score (nSPS) is 13.2. The van der Waals surface area contributed by atoms with Gasteiger partial charge in [0.1, 0.15) is 0 Å². The first kappa shape index (κ1) is 14.7. The van der Waals surface area contributed by atoms with Gasteiger partial charge in [-0.2, -0.15) is 5.26 Å². The lowest BCUT2D eigenvalue weighted by atomic mass is 9.94. The molecule has 0 radical (unpaired) electrons. The molecule has 2 unspecified atom stereocenters. The van der Waals surface area contributed by atoms with Gasteiger partial charge in [-0.05, 0) is 18.2 Å². The van der Waals surface area contributed by atoms with Gasteiger partial charge < -0.3 is 10.0 Å². The zero-order chi connectivity index (χ0) is 14.6. The maximum absolute atomic E-state index is 12.2. The molecule has 100 valence electrons. The highest BCUT2D eigenvalue weighted by atomic mass is 16.4. The second-order valence-electron chi connectivity index (χ2n) is 4.47. The van der Waals surface area contributed by atoms with E-state index in [1.165, 1.54) is 11.8 Å². The number of carbonyl (C=O) groups is 2. The number of rotatable bonds is 4. The molecule has 0 heterocycles. The molecular formula is C14H16N2O3. The second kappa shape index (κ2) is 6.01. The van der Waals surface area contributed by atoms with Crippen molar-refractivity contribution in [3.05, 3.63) is 29.8 Å². The van der Waals surface area contributed by atoms with E-state index in [1.807, 2.05) is 6.07 Å². The molecule has 0 fully saturated rings. The molecular weight excluding hydrogens is 244 g/mol. The van der Waals surface area contributed by atoms with E-state index in [1.54, 1.807) is 38.2 Å². The number of anilines is 1. The first-order valence-corrected chi connectivity index (χ1v) is 5.89. The quantitative estimate of drug-likeness (QED) is 0.896. The van der Waals surface area contributed by atoms with Crippen molar-refractivity contribution >= 4 is 17.6 Å². The number of carboxylic acid groups (broad SMARTS) is 1. The van der Waals surface area contributed by atoms with E-state index >= 15 is 0 Å². The topological polar surface area (TPSA) is 81.4 Å². The van der Waals surface area contributed by atoms with Gasteiger partial charge in [-0.3, -0.25) is 9.59 Å². The standard InChI is InChI=1S/C14H16N2O3/c1-9(10(2)14(18)19)13(17)16(3)12-6-4-5-11(7-12)8-15/h4-7,9-10H,1-3H3,(H,18,19). The van der Waals surface area contributed by atoms with Gasteiger partial charge in [-0.1, -0.05) is 19.9 Å². The fraction of sp³-hybridized carbons (Fsp3) is 0.357. The number of aliphatic carboxylic acids is 1. The summed E-state index contributed by atoms with van der Waals surface area (Å²) < 4.78 is 0. The number of carbonyl (C=O) groups excluding carboxylic acids is 1.